The van der Waals surface area contributed by atoms with Crippen molar-refractivity contribution >= 4 is 46.7 Å². The van der Waals surface area contributed by atoms with E-state index in [0.29, 0.717) is 0 Å². The highest BCUT2D eigenvalue weighted by atomic mass is 35.6. The molecule has 0 radical (unpaired) electrons. The second-order valence-corrected chi connectivity index (χ2v) is 8.15. The van der Waals surface area contributed by atoms with Crippen LogP contribution in [0.5, 0.6) is 0 Å². The molecule has 1 N–H and O–H groups in total. The van der Waals surface area contributed by atoms with Gasteiger partial charge in [-0.2, -0.15) is 0 Å². The minimum atomic E-state index is -1.79. The third-order valence-electron chi connectivity index (χ3n) is 3.59. The normalized spacial score (nSPS) is 12.9. The van der Waals surface area contributed by atoms with Crippen LogP contribution in [-0.2, 0) is 20.7 Å². The zero-order chi connectivity index (χ0) is 20.4. The topological polar surface area (TPSA) is 63.6 Å². The van der Waals surface area contributed by atoms with E-state index >= 15 is 0 Å². The summed E-state index contributed by atoms with van der Waals surface area (Å²) in [6.45, 7) is 3.27. The molecule has 4 nitrogen and oxygen atoms in total. The van der Waals surface area contributed by atoms with Gasteiger partial charge in [0, 0.05) is 6.92 Å². The zero-order valence-corrected chi connectivity index (χ0v) is 17.2. The van der Waals surface area contributed by atoms with Crippen LogP contribution in [0, 0.1) is 5.92 Å². The number of ether oxygens (including phenoxy) is 1. The van der Waals surface area contributed by atoms with Crippen LogP contribution >= 0.6 is 34.8 Å². The van der Waals surface area contributed by atoms with Crippen LogP contribution in [0.4, 0.5) is 0 Å². The van der Waals surface area contributed by atoms with Crippen molar-refractivity contribution in [2.24, 2.45) is 5.92 Å². The summed E-state index contributed by atoms with van der Waals surface area (Å²) in [6, 6.07) is 18.7. The highest BCUT2D eigenvalue weighted by molar-refractivity contribution is 6.68. The lowest BCUT2D eigenvalue weighted by Crippen LogP contribution is -2.29. The summed E-state index contributed by atoms with van der Waals surface area (Å²) in [5.41, 5.74) is 1.85. The Morgan fingerprint density at radius 3 is 1.89 bits per heavy atom. The number of carbonyl (C=O) groups excluding carboxylic acids is 1. The number of carbonyl (C=O) groups is 2. The summed E-state index contributed by atoms with van der Waals surface area (Å²) in [5.74, 6) is -2.39. The lowest BCUT2D eigenvalue weighted by atomic mass is 10.0. The van der Waals surface area contributed by atoms with E-state index in [0.717, 1.165) is 11.1 Å². The number of hydrogen-bond acceptors (Lipinski definition) is 3. The van der Waals surface area contributed by atoms with E-state index in [1.165, 1.54) is 6.92 Å². The van der Waals surface area contributed by atoms with E-state index in [1.54, 1.807) is 12.1 Å². The molecule has 0 aromatic heterocycles. The molecule has 0 aliphatic rings. The molecular formula is C20H21Cl3O4. The molecule has 7 heteroatoms. The quantitative estimate of drug-likeness (QED) is 0.493. The van der Waals surface area contributed by atoms with Gasteiger partial charge in [-0.3, -0.25) is 9.59 Å². The van der Waals surface area contributed by atoms with Crippen LogP contribution in [0.25, 0.3) is 0 Å². The van der Waals surface area contributed by atoms with Crippen molar-refractivity contribution in [3.63, 3.8) is 0 Å². The first kappa shape index (κ1) is 23.3. The summed E-state index contributed by atoms with van der Waals surface area (Å²) in [5, 5.41) is 8.92. The van der Waals surface area contributed by atoms with Gasteiger partial charge in [-0.1, -0.05) is 95.5 Å². The first-order chi connectivity index (χ1) is 12.6. The third kappa shape index (κ3) is 9.14. The second kappa shape index (κ2) is 11.2. The van der Waals surface area contributed by atoms with Crippen LogP contribution in [-0.4, -0.2) is 20.8 Å². The number of rotatable bonds is 5. The van der Waals surface area contributed by atoms with Crippen molar-refractivity contribution in [3.05, 3.63) is 71.8 Å². The number of esters is 1. The molecule has 0 aliphatic carbocycles. The first-order valence-electron chi connectivity index (χ1n) is 8.17. The van der Waals surface area contributed by atoms with Crippen LogP contribution in [0.1, 0.15) is 31.1 Å². The van der Waals surface area contributed by atoms with E-state index in [9.17, 15) is 9.59 Å². The number of carboxylic acids is 1. The summed E-state index contributed by atoms with van der Waals surface area (Å²) in [4.78, 5) is 21.5. The molecule has 2 atom stereocenters. The molecule has 146 valence electrons. The average molecular weight is 432 g/mol. The lowest BCUT2D eigenvalue weighted by molar-refractivity contribution is -0.146. The zero-order valence-electron chi connectivity index (χ0n) is 14.9. The van der Waals surface area contributed by atoms with Gasteiger partial charge in [0.15, 0.2) is 0 Å². The van der Waals surface area contributed by atoms with Crippen molar-refractivity contribution in [3.8, 4) is 0 Å². The molecule has 2 aromatic carbocycles. The van der Waals surface area contributed by atoms with E-state index in [4.69, 9.17) is 44.6 Å². The first-order valence-corrected chi connectivity index (χ1v) is 9.30. The Morgan fingerprint density at radius 2 is 1.48 bits per heavy atom. The molecule has 0 saturated heterocycles. The minimum Gasteiger partial charge on any atom is -0.481 e. The molecule has 27 heavy (non-hydrogen) atoms. The molecule has 2 unspecified atom stereocenters. The molecule has 2 rings (SSSR count). The monoisotopic (exact) mass is 430 g/mol. The minimum absolute atomic E-state index is 0.149. The molecule has 2 aromatic rings. The fourth-order valence-corrected chi connectivity index (χ4v) is 2.75. The van der Waals surface area contributed by atoms with Crippen LogP contribution in [0.15, 0.2) is 60.7 Å². The van der Waals surface area contributed by atoms with E-state index < -0.39 is 15.7 Å². The van der Waals surface area contributed by atoms with Crippen molar-refractivity contribution in [2.45, 2.75) is 30.2 Å². The van der Waals surface area contributed by atoms with Crippen molar-refractivity contribution in [1.82, 2.24) is 0 Å². The maximum atomic E-state index is 10.9. The number of benzene rings is 2. The van der Waals surface area contributed by atoms with Crippen LogP contribution < -0.4 is 0 Å². The van der Waals surface area contributed by atoms with Gasteiger partial charge in [-0.05, 0) is 24.5 Å². The molecule has 0 bridgehead atoms. The van der Waals surface area contributed by atoms with E-state index in [2.05, 4.69) is 0 Å². The predicted molar refractivity (Wildman–Crippen MR) is 108 cm³/mol. The SMILES string of the molecule is CC(=O)OC(C)c1ccccc1.O=C(O)C(Cc1ccccc1)C(Cl)(Cl)Cl. The number of carboxylic acid groups (broad SMARTS) is 1. The Bertz CT molecular complexity index is 715. The largest absolute Gasteiger partial charge is 0.481 e. The van der Waals surface area contributed by atoms with Gasteiger partial charge in [0.25, 0.3) is 0 Å². The van der Waals surface area contributed by atoms with Gasteiger partial charge in [-0.15, -0.1) is 0 Å². The van der Waals surface area contributed by atoms with Gasteiger partial charge in [-0.25, -0.2) is 0 Å². The van der Waals surface area contributed by atoms with Crippen LogP contribution in [0.2, 0.25) is 0 Å². The second-order valence-electron chi connectivity index (χ2n) is 5.78. The molecule has 0 aliphatic heterocycles. The standard InChI is InChI=1S/C10H9Cl3O2.C10H12O2/c11-10(12,13)8(9(14)15)6-7-4-2-1-3-5-7;1-8(12-9(2)11)10-6-4-3-5-7-10/h1-5,8H,6H2,(H,14,15);3-8H,1-2H3. The maximum absolute atomic E-state index is 10.9. The summed E-state index contributed by atoms with van der Waals surface area (Å²) in [7, 11) is 0. The molecule has 0 amide bonds. The fraction of sp³-hybridized carbons (Fsp3) is 0.300. The van der Waals surface area contributed by atoms with Gasteiger partial charge in [0.1, 0.15) is 12.0 Å². The molecule has 0 spiro atoms. The molecular weight excluding hydrogens is 411 g/mol. The van der Waals surface area contributed by atoms with Crippen molar-refractivity contribution in [2.75, 3.05) is 0 Å². The third-order valence-corrected chi connectivity index (χ3v) is 4.38. The van der Waals surface area contributed by atoms with Crippen molar-refractivity contribution < 1.29 is 19.4 Å². The smallest absolute Gasteiger partial charge is 0.311 e. The Kier molecular flexibility index (Phi) is 9.64. The lowest BCUT2D eigenvalue weighted by Gasteiger charge is -2.20. The highest BCUT2D eigenvalue weighted by Gasteiger charge is 2.38. The number of halogens is 3. The van der Waals surface area contributed by atoms with Gasteiger partial charge >= 0.3 is 11.9 Å². The molecule has 0 saturated carbocycles. The average Bonchev–Trinajstić information content (AvgIpc) is 2.60. The number of hydrogen-bond donors (Lipinski definition) is 1. The summed E-state index contributed by atoms with van der Waals surface area (Å²) >= 11 is 16.8. The molecule has 0 heterocycles. The number of aliphatic carboxylic acids is 1. The van der Waals surface area contributed by atoms with Gasteiger partial charge in [0.05, 0.1) is 0 Å². The Balaban J connectivity index is 0.000000277. The maximum Gasteiger partial charge on any atom is 0.311 e. The van der Waals surface area contributed by atoms with E-state index in [1.807, 2.05) is 55.5 Å². The molecule has 0 fully saturated rings. The Labute approximate surface area is 174 Å². The van der Waals surface area contributed by atoms with E-state index in [-0.39, 0.29) is 18.5 Å². The summed E-state index contributed by atoms with van der Waals surface area (Å²) in [6.07, 6.45) is 0.0517. The fourth-order valence-electron chi connectivity index (χ4n) is 2.23. The van der Waals surface area contributed by atoms with Crippen LogP contribution in [0.3, 0.4) is 0 Å². The van der Waals surface area contributed by atoms with Gasteiger partial charge < -0.3 is 9.84 Å². The highest BCUT2D eigenvalue weighted by Crippen LogP contribution is 2.37. The van der Waals surface area contributed by atoms with Crippen molar-refractivity contribution in [1.29, 1.82) is 0 Å². The predicted octanol–water partition coefficient (Wildman–Crippen LogP) is 5.61. The Hall–Kier alpha value is -1.75. The number of alkyl halides is 3. The Morgan fingerprint density at radius 1 is 1.00 bits per heavy atom. The van der Waals surface area contributed by atoms with Gasteiger partial charge in [0.2, 0.25) is 3.79 Å². The summed E-state index contributed by atoms with van der Waals surface area (Å²) < 4.78 is 3.21.